The average molecular weight is 437 g/mol. The molecule has 0 N–H and O–H groups in total. The summed E-state index contributed by atoms with van der Waals surface area (Å²) in [5, 5.41) is 0. The number of amides is 2. The van der Waals surface area contributed by atoms with Gasteiger partial charge in [0.25, 0.3) is 5.91 Å². The summed E-state index contributed by atoms with van der Waals surface area (Å²) in [6.45, 7) is 8.68. The van der Waals surface area contributed by atoms with Crippen molar-refractivity contribution in [1.29, 1.82) is 0 Å². The molecule has 2 aliphatic heterocycles. The summed E-state index contributed by atoms with van der Waals surface area (Å²) < 4.78 is 0. The van der Waals surface area contributed by atoms with E-state index >= 15 is 0 Å². The first-order valence-electron chi connectivity index (χ1n) is 11.2. The van der Waals surface area contributed by atoms with Gasteiger partial charge in [0, 0.05) is 25.2 Å². The lowest BCUT2D eigenvalue weighted by atomic mass is 9.86. The summed E-state index contributed by atoms with van der Waals surface area (Å²) in [4.78, 5) is 29.6. The highest BCUT2D eigenvalue weighted by Crippen LogP contribution is 2.44. The van der Waals surface area contributed by atoms with Gasteiger partial charge in [-0.1, -0.05) is 63.2 Å². The molecule has 2 heterocycles. The Morgan fingerprint density at radius 1 is 1.00 bits per heavy atom. The molecule has 2 amide bonds. The fourth-order valence-corrected chi connectivity index (χ4v) is 5.93. The van der Waals surface area contributed by atoms with E-state index in [0.29, 0.717) is 18.8 Å². The summed E-state index contributed by atoms with van der Waals surface area (Å²) in [6.07, 6.45) is 2.55. The highest BCUT2D eigenvalue weighted by Gasteiger charge is 2.48. The number of carbonyl (C=O) groups excluding carboxylic acids is 2. The number of hydrogen-bond donors (Lipinski definition) is 0. The van der Waals surface area contributed by atoms with Crippen LogP contribution in [0, 0.1) is 0 Å². The van der Waals surface area contributed by atoms with Crippen molar-refractivity contribution in [1.82, 2.24) is 9.80 Å². The molecule has 0 atom stereocenters. The van der Waals surface area contributed by atoms with Crippen molar-refractivity contribution in [3.05, 3.63) is 71.3 Å². The molecule has 2 aliphatic rings. The minimum Gasteiger partial charge on any atom is -0.338 e. The maximum Gasteiger partial charge on any atom is 0.253 e. The fraction of sp³-hybridized carbons (Fsp3) is 0.462. The summed E-state index contributed by atoms with van der Waals surface area (Å²) in [6, 6.07) is 18.4. The van der Waals surface area contributed by atoms with E-state index in [9.17, 15) is 9.59 Å². The van der Waals surface area contributed by atoms with Gasteiger partial charge in [0.15, 0.2) is 0 Å². The molecule has 4 nitrogen and oxygen atoms in total. The maximum atomic E-state index is 13.1. The van der Waals surface area contributed by atoms with Crippen LogP contribution < -0.4 is 0 Å². The maximum absolute atomic E-state index is 13.1. The van der Waals surface area contributed by atoms with Crippen LogP contribution in [0.1, 0.15) is 55.1 Å². The molecular formula is C26H32N2O2S. The Balaban J connectivity index is 1.39. The van der Waals surface area contributed by atoms with Crippen LogP contribution in [0.2, 0.25) is 0 Å². The van der Waals surface area contributed by atoms with E-state index in [1.165, 1.54) is 11.1 Å². The quantitative estimate of drug-likeness (QED) is 0.695. The van der Waals surface area contributed by atoms with E-state index in [1.807, 2.05) is 35.2 Å². The molecular weight excluding hydrogens is 404 g/mol. The second kappa shape index (κ2) is 8.70. The van der Waals surface area contributed by atoms with Crippen LogP contribution in [-0.2, 0) is 16.6 Å². The summed E-state index contributed by atoms with van der Waals surface area (Å²) >= 11 is 1.77. The fourth-order valence-electron chi connectivity index (χ4n) is 4.56. The highest BCUT2D eigenvalue weighted by molar-refractivity contribution is 8.01. The van der Waals surface area contributed by atoms with Crippen LogP contribution >= 0.6 is 11.8 Å². The van der Waals surface area contributed by atoms with Crippen molar-refractivity contribution in [3.8, 4) is 0 Å². The summed E-state index contributed by atoms with van der Waals surface area (Å²) in [5.41, 5.74) is 3.32. The van der Waals surface area contributed by atoms with Gasteiger partial charge in [-0.3, -0.25) is 9.59 Å². The number of carbonyl (C=O) groups is 2. The molecule has 2 saturated heterocycles. The number of piperidine rings is 1. The zero-order chi connectivity index (χ0) is 22.1. The predicted octanol–water partition coefficient (Wildman–Crippen LogP) is 4.73. The Bertz CT molecular complexity index is 926. The lowest BCUT2D eigenvalue weighted by Crippen LogP contribution is -2.53. The van der Waals surface area contributed by atoms with Gasteiger partial charge < -0.3 is 9.80 Å². The third kappa shape index (κ3) is 4.67. The zero-order valence-electron chi connectivity index (χ0n) is 18.8. The Kier molecular flexibility index (Phi) is 6.16. The lowest BCUT2D eigenvalue weighted by Gasteiger charge is -2.44. The zero-order valence-corrected chi connectivity index (χ0v) is 19.6. The summed E-state index contributed by atoms with van der Waals surface area (Å²) in [7, 11) is 0. The second-order valence-electron chi connectivity index (χ2n) is 9.64. The number of hydrogen-bond acceptors (Lipinski definition) is 3. The molecule has 0 aliphatic carbocycles. The van der Waals surface area contributed by atoms with E-state index in [1.54, 1.807) is 11.8 Å². The Labute approximate surface area is 190 Å². The van der Waals surface area contributed by atoms with Crippen molar-refractivity contribution in [2.45, 2.75) is 50.3 Å². The van der Waals surface area contributed by atoms with Crippen LogP contribution in [0.5, 0.6) is 0 Å². The number of benzene rings is 2. The van der Waals surface area contributed by atoms with Gasteiger partial charge >= 0.3 is 0 Å². The van der Waals surface area contributed by atoms with Crippen molar-refractivity contribution in [2.24, 2.45) is 0 Å². The van der Waals surface area contributed by atoms with Gasteiger partial charge in [-0.25, -0.2) is 0 Å². The van der Waals surface area contributed by atoms with Crippen LogP contribution in [0.25, 0.3) is 0 Å². The predicted molar refractivity (Wildman–Crippen MR) is 127 cm³/mol. The number of nitrogens with zero attached hydrogens (tertiary/aromatic N) is 2. The standard InChI is InChI=1S/C26H32N2O2S/c1-25(2,3)22-11-9-21(10-12-22)24(30)27-17-14-26(15-18-27)28(23(29)19-31-26)16-13-20-7-5-4-6-8-20/h4-12H,13-19H2,1-3H3. The van der Waals surface area contributed by atoms with E-state index < -0.39 is 0 Å². The number of rotatable bonds is 4. The molecule has 2 aromatic carbocycles. The first kappa shape index (κ1) is 21.9. The Morgan fingerprint density at radius 3 is 2.26 bits per heavy atom. The minimum absolute atomic E-state index is 0.0779. The second-order valence-corrected chi connectivity index (χ2v) is 11.0. The van der Waals surface area contributed by atoms with Crippen LogP contribution in [0.4, 0.5) is 0 Å². The van der Waals surface area contributed by atoms with Gasteiger partial charge in [0.2, 0.25) is 5.91 Å². The van der Waals surface area contributed by atoms with E-state index in [0.717, 1.165) is 31.4 Å². The monoisotopic (exact) mass is 436 g/mol. The van der Waals surface area contributed by atoms with E-state index in [-0.39, 0.29) is 22.1 Å². The number of thioether (sulfide) groups is 1. The van der Waals surface area contributed by atoms with Crippen molar-refractivity contribution < 1.29 is 9.59 Å². The third-order valence-corrected chi connectivity index (χ3v) is 8.11. The smallest absolute Gasteiger partial charge is 0.253 e. The topological polar surface area (TPSA) is 40.6 Å². The number of likely N-dealkylation sites (tertiary alicyclic amines) is 1. The molecule has 0 radical (unpaired) electrons. The van der Waals surface area contributed by atoms with Crippen molar-refractivity contribution in [2.75, 3.05) is 25.4 Å². The van der Waals surface area contributed by atoms with Gasteiger partial charge in [-0.15, -0.1) is 11.8 Å². The largest absolute Gasteiger partial charge is 0.338 e. The highest BCUT2D eigenvalue weighted by atomic mass is 32.2. The molecule has 0 bridgehead atoms. The molecule has 0 saturated carbocycles. The molecule has 0 aromatic heterocycles. The molecule has 2 fully saturated rings. The average Bonchev–Trinajstić information content (AvgIpc) is 3.07. The van der Waals surface area contributed by atoms with Gasteiger partial charge in [-0.2, -0.15) is 0 Å². The first-order valence-corrected chi connectivity index (χ1v) is 12.2. The Morgan fingerprint density at radius 2 is 1.65 bits per heavy atom. The lowest BCUT2D eigenvalue weighted by molar-refractivity contribution is -0.131. The van der Waals surface area contributed by atoms with Gasteiger partial charge in [0.1, 0.15) is 0 Å². The van der Waals surface area contributed by atoms with E-state index in [2.05, 4.69) is 49.9 Å². The molecule has 164 valence electrons. The van der Waals surface area contributed by atoms with E-state index in [4.69, 9.17) is 0 Å². The molecule has 0 unspecified atom stereocenters. The third-order valence-electron chi connectivity index (χ3n) is 6.55. The van der Waals surface area contributed by atoms with Crippen LogP contribution in [0.3, 0.4) is 0 Å². The Hall–Kier alpha value is -2.27. The van der Waals surface area contributed by atoms with Crippen LogP contribution in [-0.4, -0.2) is 51.9 Å². The van der Waals surface area contributed by atoms with Crippen molar-refractivity contribution in [3.63, 3.8) is 0 Å². The van der Waals surface area contributed by atoms with Crippen LogP contribution in [0.15, 0.2) is 54.6 Å². The normalized spacial score (nSPS) is 18.6. The summed E-state index contributed by atoms with van der Waals surface area (Å²) in [5.74, 6) is 0.885. The van der Waals surface area contributed by atoms with Gasteiger partial charge in [0.05, 0.1) is 10.6 Å². The molecule has 2 aromatic rings. The first-order chi connectivity index (χ1) is 14.8. The molecule has 31 heavy (non-hydrogen) atoms. The van der Waals surface area contributed by atoms with Crippen molar-refractivity contribution >= 4 is 23.6 Å². The SMILES string of the molecule is CC(C)(C)c1ccc(C(=O)N2CCC3(CC2)SCC(=O)N3CCc2ccccc2)cc1. The minimum atomic E-state index is -0.154. The molecule has 4 rings (SSSR count). The van der Waals surface area contributed by atoms with Gasteiger partial charge in [-0.05, 0) is 47.9 Å². The molecule has 1 spiro atoms. The molecule has 5 heteroatoms.